The molecule has 0 spiro atoms. The largest absolute Gasteiger partial charge is 0.489 e. The lowest BCUT2D eigenvalue weighted by atomic mass is 10.1. The molecular weight excluding hydrogens is 302 g/mol. The molecule has 0 heterocycles. The second-order valence-corrected chi connectivity index (χ2v) is 4.60. The monoisotopic (exact) mass is 321 g/mol. The first kappa shape index (κ1) is 15.7. The Kier molecular flexibility index (Phi) is 6.60. The van der Waals surface area contributed by atoms with Crippen molar-refractivity contribution < 1.29 is 4.74 Å². The van der Waals surface area contributed by atoms with E-state index in [0.717, 1.165) is 12.2 Å². The number of ether oxygens (including phenoxy) is 1. The van der Waals surface area contributed by atoms with Gasteiger partial charge in [-0.25, -0.2) is 0 Å². The van der Waals surface area contributed by atoms with Gasteiger partial charge in [-0.2, -0.15) is 0 Å². The Bertz CT molecular complexity index is 468. The van der Waals surface area contributed by atoms with Gasteiger partial charge in [0.25, 0.3) is 0 Å². The van der Waals surface area contributed by atoms with Crippen LogP contribution >= 0.6 is 17.0 Å². The molecule has 0 radical (unpaired) electrons. The molecule has 2 nitrogen and oxygen atoms in total. The Morgan fingerprint density at radius 3 is 2.16 bits per heavy atom. The summed E-state index contributed by atoms with van der Waals surface area (Å²) in [7, 11) is 0. The smallest absolute Gasteiger partial charge is 0.119 e. The van der Waals surface area contributed by atoms with E-state index in [9.17, 15) is 0 Å². The van der Waals surface area contributed by atoms with Gasteiger partial charge in [0.1, 0.15) is 12.4 Å². The van der Waals surface area contributed by atoms with Crippen LogP contribution in [0, 0.1) is 0 Å². The summed E-state index contributed by atoms with van der Waals surface area (Å²) < 4.78 is 5.72. The van der Waals surface area contributed by atoms with Crippen LogP contribution in [0.2, 0.25) is 0 Å². The number of nitrogens with two attached hydrogens (primary N) is 1. The lowest BCUT2D eigenvalue weighted by Gasteiger charge is -2.08. The summed E-state index contributed by atoms with van der Waals surface area (Å²) in [5.74, 6) is 0.896. The molecule has 3 heteroatoms. The highest BCUT2D eigenvalue weighted by Gasteiger charge is 1.99. The van der Waals surface area contributed by atoms with Gasteiger partial charge in [0.05, 0.1) is 0 Å². The van der Waals surface area contributed by atoms with Gasteiger partial charge in [0.2, 0.25) is 0 Å². The maximum atomic E-state index is 5.77. The Balaban J connectivity index is 0.00000180. The summed E-state index contributed by atoms with van der Waals surface area (Å²) in [5, 5.41) is 0. The van der Waals surface area contributed by atoms with Crippen molar-refractivity contribution in [1.82, 2.24) is 0 Å². The zero-order valence-corrected chi connectivity index (χ0v) is 12.8. The highest BCUT2D eigenvalue weighted by atomic mass is 79.9. The van der Waals surface area contributed by atoms with Crippen molar-refractivity contribution >= 4 is 17.0 Å². The van der Waals surface area contributed by atoms with Gasteiger partial charge in [-0.1, -0.05) is 42.5 Å². The van der Waals surface area contributed by atoms with E-state index < -0.39 is 0 Å². The molecule has 19 heavy (non-hydrogen) atoms. The molecule has 0 bridgehead atoms. The van der Waals surface area contributed by atoms with Crippen molar-refractivity contribution in [3.8, 4) is 5.75 Å². The Morgan fingerprint density at radius 2 is 1.58 bits per heavy atom. The zero-order valence-electron chi connectivity index (χ0n) is 11.1. The van der Waals surface area contributed by atoms with Crippen molar-refractivity contribution in [2.24, 2.45) is 5.73 Å². The fourth-order valence-corrected chi connectivity index (χ4v) is 1.83. The van der Waals surface area contributed by atoms with Crippen LogP contribution in [-0.2, 0) is 13.0 Å². The maximum absolute atomic E-state index is 5.77. The number of hydrogen-bond donors (Lipinski definition) is 1. The van der Waals surface area contributed by atoms with E-state index in [0.29, 0.717) is 6.61 Å². The van der Waals surface area contributed by atoms with Crippen molar-refractivity contribution in [3.05, 3.63) is 65.7 Å². The summed E-state index contributed by atoms with van der Waals surface area (Å²) in [6.45, 7) is 2.62. The van der Waals surface area contributed by atoms with Gasteiger partial charge in [0.15, 0.2) is 0 Å². The van der Waals surface area contributed by atoms with Crippen molar-refractivity contribution in [2.75, 3.05) is 0 Å². The van der Waals surface area contributed by atoms with E-state index in [-0.39, 0.29) is 23.0 Å². The predicted molar refractivity (Wildman–Crippen MR) is 84.9 cm³/mol. The van der Waals surface area contributed by atoms with E-state index in [2.05, 4.69) is 24.3 Å². The second kappa shape index (κ2) is 7.97. The Hall–Kier alpha value is -1.32. The van der Waals surface area contributed by atoms with E-state index in [1.807, 2.05) is 37.3 Å². The van der Waals surface area contributed by atoms with Gasteiger partial charge in [-0.05, 0) is 36.6 Å². The van der Waals surface area contributed by atoms with E-state index in [4.69, 9.17) is 10.5 Å². The first-order valence-electron chi connectivity index (χ1n) is 6.25. The number of benzene rings is 2. The average molecular weight is 322 g/mol. The van der Waals surface area contributed by atoms with Gasteiger partial charge >= 0.3 is 0 Å². The molecule has 102 valence electrons. The summed E-state index contributed by atoms with van der Waals surface area (Å²) >= 11 is 0. The van der Waals surface area contributed by atoms with Crippen LogP contribution < -0.4 is 10.5 Å². The van der Waals surface area contributed by atoms with Gasteiger partial charge in [-0.3, -0.25) is 0 Å². The second-order valence-electron chi connectivity index (χ2n) is 4.60. The SMILES string of the molecule is Br.CC(N)Cc1ccc(OCc2ccccc2)cc1. The standard InChI is InChI=1S/C16H19NO.BrH/c1-13(17)11-14-7-9-16(10-8-14)18-12-15-5-3-2-4-6-15;/h2-10,13H,11-12,17H2,1H3;1H. The summed E-state index contributed by atoms with van der Waals surface area (Å²) in [6, 6.07) is 18.5. The molecular formula is C16H20BrNO. The molecule has 0 amide bonds. The molecule has 1 atom stereocenters. The molecule has 0 saturated carbocycles. The quantitative estimate of drug-likeness (QED) is 0.910. The van der Waals surface area contributed by atoms with Crippen LogP contribution in [0.1, 0.15) is 18.1 Å². The topological polar surface area (TPSA) is 35.2 Å². The minimum absolute atomic E-state index is 0. The summed E-state index contributed by atoms with van der Waals surface area (Å²) in [4.78, 5) is 0. The van der Waals surface area contributed by atoms with Crippen LogP contribution in [-0.4, -0.2) is 6.04 Å². The minimum atomic E-state index is 0. The third kappa shape index (κ3) is 5.45. The first-order chi connectivity index (χ1) is 8.74. The number of hydrogen-bond acceptors (Lipinski definition) is 2. The maximum Gasteiger partial charge on any atom is 0.119 e. The molecule has 2 aromatic carbocycles. The molecule has 0 aliphatic carbocycles. The predicted octanol–water partition coefficient (Wildman–Crippen LogP) is 3.73. The zero-order chi connectivity index (χ0) is 12.8. The average Bonchev–Trinajstić information content (AvgIpc) is 2.38. The molecule has 2 rings (SSSR count). The fourth-order valence-electron chi connectivity index (χ4n) is 1.83. The Labute approximate surface area is 125 Å². The normalized spacial score (nSPS) is 11.5. The summed E-state index contributed by atoms with van der Waals surface area (Å²) in [6.07, 6.45) is 0.902. The molecule has 0 aliphatic rings. The van der Waals surface area contributed by atoms with Crippen molar-refractivity contribution in [1.29, 1.82) is 0 Å². The van der Waals surface area contributed by atoms with Gasteiger partial charge in [0, 0.05) is 6.04 Å². The molecule has 0 fully saturated rings. The fraction of sp³-hybridized carbons (Fsp3) is 0.250. The van der Waals surface area contributed by atoms with Crippen LogP contribution in [0.25, 0.3) is 0 Å². The third-order valence-corrected chi connectivity index (χ3v) is 2.73. The Morgan fingerprint density at radius 1 is 0.947 bits per heavy atom. The van der Waals surface area contributed by atoms with Gasteiger partial charge in [-0.15, -0.1) is 17.0 Å². The van der Waals surface area contributed by atoms with Crippen LogP contribution in [0.5, 0.6) is 5.75 Å². The molecule has 1 unspecified atom stereocenters. The molecule has 0 aromatic heterocycles. The van der Waals surface area contributed by atoms with Crippen molar-refractivity contribution in [3.63, 3.8) is 0 Å². The van der Waals surface area contributed by atoms with Crippen LogP contribution in [0.4, 0.5) is 0 Å². The van der Waals surface area contributed by atoms with Crippen LogP contribution in [0.15, 0.2) is 54.6 Å². The third-order valence-electron chi connectivity index (χ3n) is 2.73. The highest BCUT2D eigenvalue weighted by Crippen LogP contribution is 2.15. The highest BCUT2D eigenvalue weighted by molar-refractivity contribution is 8.93. The number of rotatable bonds is 5. The number of halogens is 1. The minimum Gasteiger partial charge on any atom is -0.489 e. The van der Waals surface area contributed by atoms with E-state index >= 15 is 0 Å². The summed E-state index contributed by atoms with van der Waals surface area (Å²) in [5.41, 5.74) is 8.19. The molecule has 2 N–H and O–H groups in total. The van der Waals surface area contributed by atoms with E-state index in [1.165, 1.54) is 11.1 Å². The first-order valence-corrected chi connectivity index (χ1v) is 6.25. The molecule has 0 saturated heterocycles. The van der Waals surface area contributed by atoms with E-state index in [1.54, 1.807) is 0 Å². The molecule has 0 aliphatic heterocycles. The van der Waals surface area contributed by atoms with Gasteiger partial charge < -0.3 is 10.5 Å². The molecule has 2 aromatic rings. The van der Waals surface area contributed by atoms with Crippen molar-refractivity contribution in [2.45, 2.75) is 26.0 Å². The van der Waals surface area contributed by atoms with Crippen LogP contribution in [0.3, 0.4) is 0 Å². The lowest BCUT2D eigenvalue weighted by Crippen LogP contribution is -2.17. The lowest BCUT2D eigenvalue weighted by molar-refractivity contribution is 0.306.